The van der Waals surface area contributed by atoms with Crippen molar-refractivity contribution in [1.82, 2.24) is 0 Å². The topological polar surface area (TPSA) is 93.5 Å². The molecule has 0 saturated heterocycles. The van der Waals surface area contributed by atoms with E-state index in [9.17, 15) is 9.59 Å². The fourth-order valence-corrected chi connectivity index (χ4v) is 2.70. The van der Waals surface area contributed by atoms with E-state index in [1.165, 1.54) is 0 Å². The third-order valence-electron chi connectivity index (χ3n) is 4.16. The minimum atomic E-state index is -0.277. The average molecular weight is 389 g/mol. The monoisotopic (exact) mass is 389 g/mol. The van der Waals surface area contributed by atoms with Crippen LogP contribution in [0.15, 0.2) is 78.9 Å². The van der Waals surface area contributed by atoms with E-state index in [1.807, 2.05) is 42.5 Å². The van der Waals surface area contributed by atoms with Gasteiger partial charge in [-0.05, 0) is 54.4 Å². The van der Waals surface area contributed by atoms with Gasteiger partial charge in [0.15, 0.2) is 6.61 Å². The van der Waals surface area contributed by atoms with Crippen molar-refractivity contribution in [2.75, 3.05) is 23.0 Å². The Hall–Kier alpha value is -3.80. The van der Waals surface area contributed by atoms with Crippen LogP contribution in [0.25, 0.3) is 0 Å². The molecule has 0 aliphatic heterocycles. The number of hydrogen-bond acceptors (Lipinski definition) is 4. The van der Waals surface area contributed by atoms with Gasteiger partial charge < -0.3 is 21.1 Å². The lowest BCUT2D eigenvalue weighted by atomic mass is 10.1. The van der Waals surface area contributed by atoms with E-state index >= 15 is 0 Å². The number of aryl methyl sites for hydroxylation is 1. The molecule has 29 heavy (non-hydrogen) atoms. The Morgan fingerprint density at radius 2 is 1.45 bits per heavy atom. The minimum absolute atomic E-state index is 0.0950. The van der Waals surface area contributed by atoms with Crippen molar-refractivity contribution < 1.29 is 14.3 Å². The van der Waals surface area contributed by atoms with Gasteiger partial charge in [0.05, 0.1) is 0 Å². The molecule has 0 saturated carbocycles. The van der Waals surface area contributed by atoms with Gasteiger partial charge in [-0.2, -0.15) is 0 Å². The number of rotatable bonds is 8. The Labute approximate surface area is 169 Å². The molecule has 3 aromatic carbocycles. The third kappa shape index (κ3) is 6.70. The predicted octanol–water partition coefficient (Wildman–Crippen LogP) is 3.86. The number of hydrogen-bond donors (Lipinski definition) is 3. The number of para-hydroxylation sites is 1. The Morgan fingerprint density at radius 1 is 0.793 bits per heavy atom. The second-order valence-electron chi connectivity index (χ2n) is 6.52. The van der Waals surface area contributed by atoms with Gasteiger partial charge in [-0.1, -0.05) is 36.4 Å². The van der Waals surface area contributed by atoms with E-state index in [2.05, 4.69) is 10.6 Å². The van der Waals surface area contributed by atoms with Crippen LogP contribution in [0.2, 0.25) is 0 Å². The molecule has 6 heteroatoms. The molecule has 0 bridgehead atoms. The molecule has 148 valence electrons. The first-order valence-corrected chi connectivity index (χ1v) is 9.30. The second kappa shape index (κ2) is 9.94. The lowest BCUT2D eigenvalue weighted by Gasteiger charge is -2.10. The second-order valence-corrected chi connectivity index (χ2v) is 6.52. The largest absolute Gasteiger partial charge is 0.484 e. The van der Waals surface area contributed by atoms with E-state index < -0.39 is 0 Å². The van der Waals surface area contributed by atoms with Gasteiger partial charge in [-0.3, -0.25) is 9.59 Å². The normalized spacial score (nSPS) is 10.2. The van der Waals surface area contributed by atoms with Gasteiger partial charge in [-0.25, -0.2) is 0 Å². The molecular formula is C23H23N3O3. The number of benzene rings is 3. The zero-order valence-corrected chi connectivity index (χ0v) is 15.9. The Morgan fingerprint density at radius 3 is 2.14 bits per heavy atom. The fourth-order valence-electron chi connectivity index (χ4n) is 2.70. The highest BCUT2D eigenvalue weighted by Gasteiger charge is 2.07. The molecule has 0 spiro atoms. The Kier molecular flexibility index (Phi) is 6.84. The van der Waals surface area contributed by atoms with Gasteiger partial charge in [0.2, 0.25) is 5.91 Å². The first-order valence-electron chi connectivity index (χ1n) is 9.30. The summed E-state index contributed by atoms with van der Waals surface area (Å²) in [5.41, 5.74) is 8.62. The maximum atomic E-state index is 12.2. The summed E-state index contributed by atoms with van der Waals surface area (Å²) in [6.07, 6.45) is 0.977. The lowest BCUT2D eigenvalue weighted by molar-refractivity contribution is -0.118. The summed E-state index contributed by atoms with van der Waals surface area (Å²) >= 11 is 0. The third-order valence-corrected chi connectivity index (χ3v) is 4.16. The summed E-state index contributed by atoms with van der Waals surface area (Å²) in [6, 6.07) is 23.6. The van der Waals surface area contributed by atoms with Crippen LogP contribution in [0.3, 0.4) is 0 Å². The summed E-state index contributed by atoms with van der Waals surface area (Å²) in [5.74, 6) is 0.253. The molecule has 0 atom stereocenters. The summed E-state index contributed by atoms with van der Waals surface area (Å²) < 4.78 is 5.43. The molecule has 3 rings (SSSR count). The first-order chi connectivity index (χ1) is 14.1. The molecule has 0 aliphatic carbocycles. The maximum absolute atomic E-state index is 12.2. The highest BCUT2D eigenvalue weighted by molar-refractivity contribution is 5.94. The van der Waals surface area contributed by atoms with E-state index in [-0.39, 0.29) is 18.4 Å². The zero-order valence-electron chi connectivity index (χ0n) is 15.9. The average Bonchev–Trinajstić information content (AvgIpc) is 2.73. The van der Waals surface area contributed by atoms with Gasteiger partial charge in [-0.15, -0.1) is 0 Å². The summed E-state index contributed by atoms with van der Waals surface area (Å²) in [5, 5.41) is 5.61. The standard InChI is InChI=1S/C23H23N3O3/c24-18-12-9-17(10-13-18)11-14-22(27)25-19-5-4-6-20(15-19)26-23(28)16-29-21-7-2-1-3-8-21/h1-10,12-13,15H,11,14,16,24H2,(H,25,27)(H,26,28). The molecule has 4 N–H and O–H groups in total. The summed E-state index contributed by atoms with van der Waals surface area (Å²) in [6.45, 7) is -0.0950. The smallest absolute Gasteiger partial charge is 0.262 e. The molecule has 3 aromatic rings. The van der Waals surface area contributed by atoms with Crippen molar-refractivity contribution in [3.05, 3.63) is 84.4 Å². The molecule has 0 fully saturated rings. The van der Waals surface area contributed by atoms with Crippen molar-refractivity contribution in [2.45, 2.75) is 12.8 Å². The van der Waals surface area contributed by atoms with Crippen LogP contribution in [0.4, 0.5) is 17.1 Å². The zero-order chi connectivity index (χ0) is 20.5. The van der Waals surface area contributed by atoms with Crippen LogP contribution in [0.1, 0.15) is 12.0 Å². The van der Waals surface area contributed by atoms with Crippen molar-refractivity contribution in [3.8, 4) is 5.75 Å². The Balaban J connectivity index is 1.47. The number of carbonyl (C=O) groups excluding carboxylic acids is 2. The van der Waals surface area contributed by atoms with Crippen LogP contribution < -0.4 is 21.1 Å². The molecular weight excluding hydrogens is 366 g/mol. The predicted molar refractivity (Wildman–Crippen MR) is 115 cm³/mol. The number of nitrogens with one attached hydrogen (secondary N) is 2. The number of carbonyl (C=O) groups is 2. The molecule has 0 aromatic heterocycles. The molecule has 2 amide bonds. The van der Waals surface area contributed by atoms with Crippen molar-refractivity contribution >= 4 is 28.9 Å². The van der Waals surface area contributed by atoms with Gasteiger partial charge >= 0.3 is 0 Å². The van der Waals surface area contributed by atoms with Crippen LogP contribution in [0, 0.1) is 0 Å². The lowest BCUT2D eigenvalue weighted by Crippen LogP contribution is -2.20. The number of nitrogens with two attached hydrogens (primary N) is 1. The van der Waals surface area contributed by atoms with Crippen molar-refractivity contribution in [3.63, 3.8) is 0 Å². The first kappa shape index (κ1) is 19.9. The number of anilines is 3. The van der Waals surface area contributed by atoms with E-state index in [0.29, 0.717) is 35.7 Å². The highest BCUT2D eigenvalue weighted by Crippen LogP contribution is 2.16. The van der Waals surface area contributed by atoms with E-state index in [0.717, 1.165) is 5.56 Å². The summed E-state index contributed by atoms with van der Waals surface area (Å²) in [4.78, 5) is 24.3. The highest BCUT2D eigenvalue weighted by atomic mass is 16.5. The van der Waals surface area contributed by atoms with E-state index in [1.54, 1.807) is 36.4 Å². The quantitative estimate of drug-likeness (QED) is 0.510. The van der Waals surface area contributed by atoms with Crippen molar-refractivity contribution in [1.29, 1.82) is 0 Å². The van der Waals surface area contributed by atoms with Crippen LogP contribution in [0.5, 0.6) is 5.75 Å². The van der Waals surface area contributed by atoms with Crippen LogP contribution >= 0.6 is 0 Å². The van der Waals surface area contributed by atoms with Crippen LogP contribution in [-0.4, -0.2) is 18.4 Å². The van der Waals surface area contributed by atoms with Gasteiger partial charge in [0, 0.05) is 23.5 Å². The molecule has 0 unspecified atom stereocenters. The van der Waals surface area contributed by atoms with E-state index in [4.69, 9.17) is 10.5 Å². The molecule has 0 heterocycles. The Bertz CT molecular complexity index is 957. The van der Waals surface area contributed by atoms with Crippen LogP contribution in [-0.2, 0) is 16.0 Å². The number of nitrogen functional groups attached to an aromatic ring is 1. The van der Waals surface area contributed by atoms with Gasteiger partial charge in [0.25, 0.3) is 5.91 Å². The maximum Gasteiger partial charge on any atom is 0.262 e. The molecule has 0 radical (unpaired) electrons. The fraction of sp³-hybridized carbons (Fsp3) is 0.130. The molecule has 0 aliphatic rings. The van der Waals surface area contributed by atoms with Gasteiger partial charge in [0.1, 0.15) is 5.75 Å². The SMILES string of the molecule is Nc1ccc(CCC(=O)Nc2cccc(NC(=O)COc3ccccc3)c2)cc1. The minimum Gasteiger partial charge on any atom is -0.484 e. The number of amides is 2. The summed E-state index contributed by atoms with van der Waals surface area (Å²) in [7, 11) is 0. The van der Waals surface area contributed by atoms with Crippen molar-refractivity contribution in [2.24, 2.45) is 0 Å². The number of ether oxygens (including phenoxy) is 1. The molecule has 6 nitrogen and oxygen atoms in total.